The Morgan fingerprint density at radius 3 is 1.75 bits per heavy atom. The van der Waals surface area contributed by atoms with Crippen molar-refractivity contribution in [1.29, 1.82) is 0 Å². The van der Waals surface area contributed by atoms with Crippen LogP contribution in [0.1, 0.15) is 0 Å². The van der Waals surface area contributed by atoms with Gasteiger partial charge in [-0.3, -0.25) is 0 Å². The summed E-state index contributed by atoms with van der Waals surface area (Å²) in [5.41, 5.74) is 6.68. The summed E-state index contributed by atoms with van der Waals surface area (Å²) in [5, 5.41) is 7.12. The fraction of sp³-hybridized carbons (Fsp3) is 0. The van der Waals surface area contributed by atoms with Crippen molar-refractivity contribution in [2.75, 3.05) is 0 Å². The van der Waals surface area contributed by atoms with Gasteiger partial charge in [0.2, 0.25) is 0 Å². The highest BCUT2D eigenvalue weighted by Gasteiger charge is 2.21. The minimum absolute atomic E-state index is 0.611. The molecule has 0 saturated heterocycles. The van der Waals surface area contributed by atoms with Crippen LogP contribution in [0.3, 0.4) is 0 Å². The van der Waals surface area contributed by atoms with Gasteiger partial charge in [-0.2, -0.15) is 0 Å². The third-order valence-corrected chi connectivity index (χ3v) is 10.4. The number of benzene rings is 7. The lowest BCUT2D eigenvalue weighted by Gasteiger charge is -2.09. The topological polar surface area (TPSA) is 51.8 Å². The van der Waals surface area contributed by atoms with Crippen LogP contribution in [-0.4, -0.2) is 15.0 Å². The second-order valence-electron chi connectivity index (χ2n) is 11.9. The van der Waals surface area contributed by atoms with E-state index in [1.54, 1.807) is 0 Å². The number of para-hydroxylation sites is 1. The molecule has 4 nitrogen and oxygen atoms in total. The average Bonchev–Trinajstić information content (AvgIpc) is 3.75. The first kappa shape index (κ1) is 27.0. The van der Waals surface area contributed by atoms with Crippen LogP contribution >= 0.6 is 11.3 Å². The number of hydrogen-bond acceptors (Lipinski definition) is 5. The largest absolute Gasteiger partial charge is 0.455 e. The van der Waals surface area contributed by atoms with Crippen LogP contribution < -0.4 is 0 Å². The van der Waals surface area contributed by atoms with E-state index < -0.39 is 0 Å². The molecular weight excluding hydrogens is 607 g/mol. The Kier molecular flexibility index (Phi) is 6.01. The first-order chi connectivity index (χ1) is 23.8. The van der Waals surface area contributed by atoms with Crippen molar-refractivity contribution in [2.24, 2.45) is 0 Å². The molecule has 0 N–H and O–H groups in total. The van der Waals surface area contributed by atoms with Crippen molar-refractivity contribution in [2.45, 2.75) is 0 Å². The Balaban J connectivity index is 1.21. The van der Waals surface area contributed by atoms with Gasteiger partial charge < -0.3 is 4.42 Å². The monoisotopic (exact) mass is 631 g/mol. The Morgan fingerprint density at radius 2 is 0.979 bits per heavy atom. The molecule has 0 aliphatic heterocycles. The lowest BCUT2D eigenvalue weighted by molar-refractivity contribution is 0.670. The predicted molar refractivity (Wildman–Crippen MR) is 199 cm³/mol. The molecule has 5 heteroatoms. The van der Waals surface area contributed by atoms with Gasteiger partial charge in [-0.25, -0.2) is 15.0 Å². The minimum Gasteiger partial charge on any atom is -0.455 e. The summed E-state index contributed by atoms with van der Waals surface area (Å²) in [4.78, 5) is 15.0. The standard InChI is InChI=1S/C43H25N3OS/c1-3-13-27(14-4-1)41-44-42(28-15-5-2-6-16-28)46-43(45-41)35-22-11-23-36-37(35)34-21-9-18-30(38(34)47-36)31-19-10-20-32-33-25-24-26-12-7-8-17-29(26)39(33)48-40(31)32/h1-25H. The number of aromatic nitrogens is 3. The maximum absolute atomic E-state index is 6.76. The summed E-state index contributed by atoms with van der Waals surface area (Å²) in [7, 11) is 0. The van der Waals surface area contributed by atoms with E-state index in [4.69, 9.17) is 19.4 Å². The summed E-state index contributed by atoms with van der Waals surface area (Å²) in [6.45, 7) is 0. The number of fused-ring (bicyclic) bond motifs is 8. The molecule has 224 valence electrons. The third kappa shape index (κ3) is 4.18. The maximum Gasteiger partial charge on any atom is 0.164 e. The number of thiophene rings is 1. The zero-order chi connectivity index (χ0) is 31.6. The van der Waals surface area contributed by atoms with E-state index in [1.165, 1.54) is 36.5 Å². The van der Waals surface area contributed by atoms with Crippen molar-refractivity contribution in [3.05, 3.63) is 152 Å². The molecule has 10 aromatic rings. The molecule has 0 saturated carbocycles. The molecule has 48 heavy (non-hydrogen) atoms. The molecule has 0 atom stereocenters. The fourth-order valence-corrected chi connectivity index (χ4v) is 8.28. The number of nitrogens with zero attached hydrogens (tertiary/aromatic N) is 3. The molecule has 0 unspecified atom stereocenters. The lowest BCUT2D eigenvalue weighted by atomic mass is 9.98. The van der Waals surface area contributed by atoms with Crippen LogP contribution in [-0.2, 0) is 0 Å². The van der Waals surface area contributed by atoms with Crippen molar-refractivity contribution in [3.63, 3.8) is 0 Å². The van der Waals surface area contributed by atoms with Gasteiger partial charge in [0.05, 0.1) is 0 Å². The van der Waals surface area contributed by atoms with Gasteiger partial charge in [0.25, 0.3) is 0 Å². The van der Waals surface area contributed by atoms with E-state index in [-0.39, 0.29) is 0 Å². The summed E-state index contributed by atoms with van der Waals surface area (Å²) in [5.74, 6) is 1.88. The molecule has 0 radical (unpaired) electrons. The zero-order valence-electron chi connectivity index (χ0n) is 25.6. The van der Waals surface area contributed by atoms with Crippen molar-refractivity contribution < 1.29 is 4.42 Å². The third-order valence-electron chi connectivity index (χ3n) is 9.14. The van der Waals surface area contributed by atoms with Crippen LogP contribution in [0.5, 0.6) is 0 Å². The van der Waals surface area contributed by atoms with Gasteiger partial charge in [-0.05, 0) is 16.8 Å². The minimum atomic E-state index is 0.611. The SMILES string of the molecule is c1ccc(-c2nc(-c3ccccc3)nc(-c3cccc4oc5c(-c6cccc7c6sc6c8ccccc8ccc76)cccc5c34)n2)cc1. The van der Waals surface area contributed by atoms with Crippen molar-refractivity contribution in [1.82, 2.24) is 15.0 Å². The number of rotatable bonds is 4. The van der Waals surface area contributed by atoms with E-state index in [9.17, 15) is 0 Å². The Morgan fingerprint density at radius 1 is 0.396 bits per heavy atom. The van der Waals surface area contributed by atoms with Crippen molar-refractivity contribution in [3.8, 4) is 45.3 Å². The van der Waals surface area contributed by atoms with Gasteiger partial charge in [-0.1, -0.05) is 146 Å². The van der Waals surface area contributed by atoms with Crippen LogP contribution in [0.25, 0.3) is 98.2 Å². The van der Waals surface area contributed by atoms with Crippen molar-refractivity contribution >= 4 is 64.2 Å². The Hall–Kier alpha value is -6.17. The van der Waals surface area contributed by atoms with Gasteiger partial charge in [-0.15, -0.1) is 11.3 Å². The van der Waals surface area contributed by atoms with Crippen LogP contribution in [0.15, 0.2) is 156 Å². The quantitative estimate of drug-likeness (QED) is 0.194. The molecule has 0 fully saturated rings. The van der Waals surface area contributed by atoms with Crippen LogP contribution in [0.4, 0.5) is 0 Å². The molecule has 3 aromatic heterocycles. The van der Waals surface area contributed by atoms with Gasteiger partial charge in [0.15, 0.2) is 17.5 Å². The smallest absolute Gasteiger partial charge is 0.164 e. The molecular formula is C43H25N3OS. The molecule has 10 rings (SSSR count). The fourth-order valence-electron chi connectivity index (χ4n) is 6.91. The van der Waals surface area contributed by atoms with E-state index in [0.717, 1.165) is 44.2 Å². The van der Waals surface area contributed by atoms with Crippen LogP contribution in [0, 0.1) is 0 Å². The highest BCUT2D eigenvalue weighted by Crippen LogP contribution is 2.46. The zero-order valence-corrected chi connectivity index (χ0v) is 26.4. The average molecular weight is 632 g/mol. The first-order valence-electron chi connectivity index (χ1n) is 15.9. The van der Waals surface area contributed by atoms with Gasteiger partial charge in [0.1, 0.15) is 11.2 Å². The maximum atomic E-state index is 6.76. The van der Waals surface area contributed by atoms with E-state index >= 15 is 0 Å². The molecule has 0 aliphatic carbocycles. The Bertz CT molecular complexity index is 2780. The molecule has 0 aliphatic rings. The summed E-state index contributed by atoms with van der Waals surface area (Å²) >= 11 is 1.86. The summed E-state index contributed by atoms with van der Waals surface area (Å²) < 4.78 is 9.33. The molecule has 7 aromatic carbocycles. The predicted octanol–water partition coefficient (Wildman–Crippen LogP) is 12.0. The van der Waals surface area contributed by atoms with Gasteiger partial charge >= 0.3 is 0 Å². The second kappa shape index (κ2) is 10.7. The Labute approximate surface area is 279 Å². The number of hydrogen-bond donors (Lipinski definition) is 0. The van der Waals surface area contributed by atoms with Crippen LogP contribution in [0.2, 0.25) is 0 Å². The highest BCUT2D eigenvalue weighted by atomic mass is 32.1. The molecule has 0 bridgehead atoms. The van der Waals surface area contributed by atoms with E-state index in [2.05, 4.69) is 78.9 Å². The van der Waals surface area contributed by atoms with E-state index in [0.29, 0.717) is 17.5 Å². The highest BCUT2D eigenvalue weighted by molar-refractivity contribution is 7.27. The first-order valence-corrected chi connectivity index (χ1v) is 16.8. The molecule has 0 spiro atoms. The molecule has 0 amide bonds. The van der Waals surface area contributed by atoms with Gasteiger partial charge in [0, 0.05) is 58.8 Å². The lowest BCUT2D eigenvalue weighted by Crippen LogP contribution is -2.00. The number of furan rings is 1. The molecule has 3 heterocycles. The summed E-state index contributed by atoms with van der Waals surface area (Å²) in [6.07, 6.45) is 0. The normalized spacial score (nSPS) is 11.8. The van der Waals surface area contributed by atoms with E-state index in [1.807, 2.05) is 84.1 Å². The second-order valence-corrected chi connectivity index (χ2v) is 13.0. The summed E-state index contributed by atoms with van der Waals surface area (Å²) in [6, 6.07) is 52.5.